The molecule has 1 saturated heterocycles. The number of hydrogen-bond donors (Lipinski definition) is 5. The number of fused-ring (bicyclic) bond motifs is 4. The Kier molecular flexibility index (Phi) is 8.31. The molecule has 13 heteroatoms. The first-order valence-electron chi connectivity index (χ1n) is 13.0. The summed E-state index contributed by atoms with van der Waals surface area (Å²) >= 11 is 6.53. The summed E-state index contributed by atoms with van der Waals surface area (Å²) in [4.78, 5) is 45.5. The van der Waals surface area contributed by atoms with E-state index in [4.69, 9.17) is 16.3 Å². The third-order valence-corrected chi connectivity index (χ3v) is 6.89. The molecule has 0 spiro atoms. The van der Waals surface area contributed by atoms with E-state index in [1.165, 1.54) is 6.92 Å². The number of nitrogens with zero attached hydrogens (tertiary/aromatic N) is 1. The SMILES string of the molecule is Cc1cc(F)c(C(=O)N[C@H]2C/C=C/CCC(=O)Nc3cc(NC(=O)OC4CNC4)ccc3-c3nc2[nH]c3Cl)c(F)c1. The van der Waals surface area contributed by atoms with Crippen LogP contribution in [0, 0.1) is 18.6 Å². The zero-order valence-corrected chi connectivity index (χ0v) is 22.7. The van der Waals surface area contributed by atoms with E-state index < -0.39 is 35.2 Å². The number of aryl methyl sites for hydroxylation is 1. The second-order valence-corrected chi connectivity index (χ2v) is 10.2. The molecule has 10 nitrogen and oxygen atoms in total. The van der Waals surface area contributed by atoms with E-state index in [9.17, 15) is 23.2 Å². The number of halogens is 3. The van der Waals surface area contributed by atoms with Crippen molar-refractivity contribution < 1.29 is 27.9 Å². The molecule has 2 bridgehead atoms. The molecular weight excluding hydrogens is 558 g/mol. The topological polar surface area (TPSA) is 137 Å². The normalized spacial score (nSPS) is 18.0. The molecule has 1 atom stereocenters. The number of allylic oxidation sites excluding steroid dienone is 1. The van der Waals surface area contributed by atoms with Crippen LogP contribution in [0.3, 0.4) is 0 Å². The molecule has 1 aromatic heterocycles. The van der Waals surface area contributed by atoms with Crippen LogP contribution in [0.25, 0.3) is 11.3 Å². The third-order valence-electron chi connectivity index (χ3n) is 6.62. The predicted octanol–water partition coefficient (Wildman–Crippen LogP) is 4.99. The highest BCUT2D eigenvalue weighted by atomic mass is 35.5. The molecule has 3 aromatic rings. The molecule has 2 aromatic carbocycles. The highest BCUT2D eigenvalue weighted by molar-refractivity contribution is 6.32. The van der Waals surface area contributed by atoms with Crippen LogP contribution in [0.2, 0.25) is 5.15 Å². The third kappa shape index (κ3) is 6.55. The number of H-pyrrole nitrogens is 1. The van der Waals surface area contributed by atoms with Gasteiger partial charge in [0.1, 0.15) is 40.0 Å². The number of aromatic amines is 1. The standard InChI is InChI=1S/C28H27ClF2N6O4/c1-14-9-18(30)23(19(31)10-14)27(39)35-20-5-3-2-4-6-22(38)34-21-11-15(33-28(40)41-16-12-32-13-16)7-8-17(21)24-25(29)37-26(20)36-24/h2-3,7-11,16,20,32H,4-6,12-13H2,1H3,(H,33,40)(H,34,38)(H,35,39)(H,36,37)/b3-2+/t20-/m0/s1. The Morgan fingerprint density at radius 3 is 2.59 bits per heavy atom. The summed E-state index contributed by atoms with van der Waals surface area (Å²) < 4.78 is 34.3. The minimum absolute atomic E-state index is 0.112. The van der Waals surface area contributed by atoms with E-state index >= 15 is 0 Å². The number of nitrogens with one attached hydrogen (secondary N) is 5. The number of anilines is 2. The second kappa shape index (κ2) is 12.1. The molecule has 3 amide bonds. The van der Waals surface area contributed by atoms with E-state index in [2.05, 4.69) is 31.2 Å². The number of carbonyl (C=O) groups is 3. The van der Waals surface area contributed by atoms with Crippen molar-refractivity contribution in [3.05, 3.63) is 76.2 Å². The van der Waals surface area contributed by atoms with E-state index in [0.29, 0.717) is 42.0 Å². The molecular formula is C28H27ClF2N6O4. The fraction of sp³-hybridized carbons (Fsp3) is 0.286. The lowest BCUT2D eigenvalue weighted by molar-refractivity contribution is -0.116. The Labute approximate surface area is 238 Å². The van der Waals surface area contributed by atoms with Crippen molar-refractivity contribution in [1.29, 1.82) is 0 Å². The number of amides is 3. The minimum atomic E-state index is -0.977. The maximum atomic E-state index is 14.5. The first kappa shape index (κ1) is 28.2. The van der Waals surface area contributed by atoms with Crippen LogP contribution in [0.1, 0.15) is 47.1 Å². The summed E-state index contributed by atoms with van der Waals surface area (Å²) in [5, 5.41) is 11.3. The van der Waals surface area contributed by atoms with Gasteiger partial charge in [-0.25, -0.2) is 18.6 Å². The zero-order chi connectivity index (χ0) is 29.1. The van der Waals surface area contributed by atoms with Gasteiger partial charge in [-0.3, -0.25) is 14.9 Å². The van der Waals surface area contributed by atoms with Crippen LogP contribution < -0.4 is 21.3 Å². The number of aromatic nitrogens is 2. The first-order valence-corrected chi connectivity index (χ1v) is 13.3. The lowest BCUT2D eigenvalue weighted by Crippen LogP contribution is -2.49. The lowest BCUT2D eigenvalue weighted by Gasteiger charge is -2.26. The Morgan fingerprint density at radius 2 is 1.88 bits per heavy atom. The number of imidazole rings is 1. The molecule has 0 aliphatic carbocycles. The van der Waals surface area contributed by atoms with Crippen LogP contribution in [-0.4, -0.2) is 47.1 Å². The highest BCUT2D eigenvalue weighted by Crippen LogP contribution is 2.36. The summed E-state index contributed by atoms with van der Waals surface area (Å²) in [5.74, 6) is -2.94. The maximum absolute atomic E-state index is 14.5. The van der Waals surface area contributed by atoms with Crippen molar-refractivity contribution in [3.8, 4) is 11.3 Å². The average molecular weight is 585 g/mol. The van der Waals surface area contributed by atoms with Gasteiger partial charge in [-0.05, 0) is 55.7 Å². The van der Waals surface area contributed by atoms with Gasteiger partial charge in [-0.15, -0.1) is 0 Å². The summed E-state index contributed by atoms with van der Waals surface area (Å²) in [5.41, 5.74) is 1.07. The smallest absolute Gasteiger partial charge is 0.411 e. The minimum Gasteiger partial charge on any atom is -0.443 e. The van der Waals surface area contributed by atoms with Crippen molar-refractivity contribution in [2.24, 2.45) is 0 Å². The fourth-order valence-electron chi connectivity index (χ4n) is 4.45. The van der Waals surface area contributed by atoms with Gasteiger partial charge in [0, 0.05) is 30.8 Å². The molecule has 2 aliphatic rings. The molecule has 2 aliphatic heterocycles. The second-order valence-electron chi connectivity index (χ2n) is 9.78. The fourth-order valence-corrected chi connectivity index (χ4v) is 4.69. The van der Waals surface area contributed by atoms with Gasteiger partial charge < -0.3 is 25.7 Å². The highest BCUT2D eigenvalue weighted by Gasteiger charge is 2.26. The Bertz CT molecular complexity index is 1510. The number of benzene rings is 2. The van der Waals surface area contributed by atoms with Crippen LogP contribution >= 0.6 is 11.6 Å². The van der Waals surface area contributed by atoms with Crippen molar-refractivity contribution in [2.75, 3.05) is 23.7 Å². The molecule has 0 unspecified atom stereocenters. The van der Waals surface area contributed by atoms with E-state index in [1.807, 2.05) is 0 Å². The van der Waals surface area contributed by atoms with Crippen LogP contribution in [0.4, 0.5) is 25.0 Å². The van der Waals surface area contributed by atoms with Gasteiger partial charge in [0.15, 0.2) is 0 Å². The van der Waals surface area contributed by atoms with Crippen molar-refractivity contribution in [3.63, 3.8) is 0 Å². The molecule has 3 heterocycles. The Morgan fingerprint density at radius 1 is 1.12 bits per heavy atom. The van der Waals surface area contributed by atoms with E-state index in [-0.39, 0.29) is 41.5 Å². The molecule has 41 heavy (non-hydrogen) atoms. The van der Waals surface area contributed by atoms with E-state index in [1.54, 1.807) is 30.4 Å². The Balaban J connectivity index is 1.46. The number of rotatable bonds is 4. The quantitative estimate of drug-likeness (QED) is 0.274. The molecule has 214 valence electrons. The van der Waals surface area contributed by atoms with Crippen LogP contribution in [0.15, 0.2) is 42.5 Å². The zero-order valence-electron chi connectivity index (χ0n) is 21.9. The summed E-state index contributed by atoms with van der Waals surface area (Å²) in [6.07, 6.45) is 3.43. The number of hydrogen-bond acceptors (Lipinski definition) is 6. The summed E-state index contributed by atoms with van der Waals surface area (Å²) in [6.45, 7) is 2.69. The van der Waals surface area contributed by atoms with Gasteiger partial charge in [0.05, 0.1) is 11.7 Å². The average Bonchev–Trinajstić information content (AvgIpc) is 3.26. The Hall–Kier alpha value is -4.29. The largest absolute Gasteiger partial charge is 0.443 e. The molecule has 5 rings (SSSR count). The van der Waals surface area contributed by atoms with Gasteiger partial charge in [-0.2, -0.15) is 0 Å². The number of ether oxygens (including phenoxy) is 1. The monoisotopic (exact) mass is 584 g/mol. The van der Waals surface area contributed by atoms with Gasteiger partial charge in [0.2, 0.25) is 5.91 Å². The number of carbonyl (C=O) groups excluding carboxylic acids is 3. The van der Waals surface area contributed by atoms with Gasteiger partial charge in [-0.1, -0.05) is 23.8 Å². The maximum Gasteiger partial charge on any atom is 0.411 e. The molecule has 1 fully saturated rings. The molecule has 0 saturated carbocycles. The van der Waals surface area contributed by atoms with Crippen LogP contribution in [-0.2, 0) is 9.53 Å². The lowest BCUT2D eigenvalue weighted by atomic mass is 10.1. The predicted molar refractivity (Wildman–Crippen MR) is 149 cm³/mol. The van der Waals surface area contributed by atoms with E-state index in [0.717, 1.165) is 12.1 Å². The summed E-state index contributed by atoms with van der Waals surface area (Å²) in [6, 6.07) is 6.14. The van der Waals surface area contributed by atoms with Gasteiger partial charge in [0.25, 0.3) is 5.91 Å². The van der Waals surface area contributed by atoms with Crippen molar-refractivity contribution in [2.45, 2.75) is 38.3 Å². The molecule has 0 radical (unpaired) electrons. The van der Waals surface area contributed by atoms with Crippen molar-refractivity contribution in [1.82, 2.24) is 20.6 Å². The van der Waals surface area contributed by atoms with Crippen molar-refractivity contribution >= 4 is 40.9 Å². The molecule has 5 N–H and O–H groups in total. The summed E-state index contributed by atoms with van der Waals surface area (Å²) in [7, 11) is 0. The van der Waals surface area contributed by atoms with Crippen LogP contribution in [0.5, 0.6) is 0 Å². The first-order chi connectivity index (χ1) is 19.7. The van der Waals surface area contributed by atoms with Gasteiger partial charge >= 0.3 is 6.09 Å².